The molecule has 2 fully saturated rings. The van der Waals surface area contributed by atoms with E-state index in [0.717, 1.165) is 43.7 Å². The molecule has 5 heteroatoms. The Balaban J connectivity index is 1.48. The molecule has 1 aliphatic carbocycles. The number of nitrogens with one attached hydrogen (secondary N) is 1. The molecule has 0 radical (unpaired) electrons. The largest absolute Gasteiger partial charge is 0.461 e. The third-order valence-electron chi connectivity index (χ3n) is 5.29. The molecule has 138 valence electrons. The minimum atomic E-state index is -0.0725. The van der Waals surface area contributed by atoms with Crippen LogP contribution in [0.4, 0.5) is 0 Å². The van der Waals surface area contributed by atoms with Crippen LogP contribution in [0.5, 0.6) is 0 Å². The smallest absolute Gasteiger partial charge is 0.244 e. The summed E-state index contributed by atoms with van der Waals surface area (Å²) in [4.78, 5) is 14.6. The Bertz CT molecular complexity index is 602. The van der Waals surface area contributed by atoms with E-state index in [2.05, 4.69) is 31.0 Å². The van der Waals surface area contributed by atoms with Crippen molar-refractivity contribution in [3.63, 3.8) is 0 Å². The zero-order valence-electron chi connectivity index (χ0n) is 15.5. The van der Waals surface area contributed by atoms with E-state index < -0.39 is 0 Å². The van der Waals surface area contributed by atoms with Gasteiger partial charge in [-0.1, -0.05) is 20.8 Å². The maximum absolute atomic E-state index is 12.1. The topological polar surface area (TPSA) is 54.7 Å². The summed E-state index contributed by atoms with van der Waals surface area (Å²) in [5.41, 5.74) is 0. The quantitative estimate of drug-likeness (QED) is 0.772. The average Bonchev–Trinajstić information content (AvgIpc) is 3.15. The molecule has 2 heterocycles. The van der Waals surface area contributed by atoms with Crippen LogP contribution in [0.3, 0.4) is 0 Å². The van der Waals surface area contributed by atoms with Crippen molar-refractivity contribution in [1.29, 1.82) is 0 Å². The summed E-state index contributed by atoms with van der Waals surface area (Å²) in [6, 6.07) is 4.31. The van der Waals surface area contributed by atoms with Crippen molar-refractivity contribution in [3.8, 4) is 0 Å². The Kier molecular flexibility index (Phi) is 5.97. The fourth-order valence-electron chi connectivity index (χ4n) is 3.49. The van der Waals surface area contributed by atoms with Gasteiger partial charge in [-0.15, -0.1) is 0 Å². The Labute approximate surface area is 150 Å². The number of hydrogen-bond acceptors (Lipinski definition) is 4. The van der Waals surface area contributed by atoms with E-state index in [4.69, 9.17) is 9.15 Å². The second kappa shape index (κ2) is 8.19. The van der Waals surface area contributed by atoms with Crippen molar-refractivity contribution >= 4 is 12.0 Å². The number of furan rings is 1. The van der Waals surface area contributed by atoms with Crippen LogP contribution in [0.2, 0.25) is 0 Å². The van der Waals surface area contributed by atoms with Crippen molar-refractivity contribution in [2.75, 3.05) is 32.8 Å². The van der Waals surface area contributed by atoms with Gasteiger partial charge in [-0.3, -0.25) is 9.69 Å². The van der Waals surface area contributed by atoms with Crippen LogP contribution in [-0.2, 0) is 9.53 Å². The first-order valence-corrected chi connectivity index (χ1v) is 9.42. The molecule has 1 aromatic heterocycles. The van der Waals surface area contributed by atoms with Crippen molar-refractivity contribution in [2.24, 2.45) is 11.8 Å². The number of rotatable bonds is 7. The standard InChI is InChI=1S/C20H30N2O3/c1-14(2)18(22-8-10-24-11-9-22)13-21-20(23)7-5-16-4-6-19(25-16)17-12-15(17)3/h4-7,14-15,17-18H,8-13H2,1-3H3,(H,21,23)/b7-5-/t15-,17+,18-/m0/s1. The van der Waals surface area contributed by atoms with Gasteiger partial charge in [0.2, 0.25) is 5.91 Å². The van der Waals surface area contributed by atoms with Crippen LogP contribution in [-0.4, -0.2) is 49.7 Å². The van der Waals surface area contributed by atoms with E-state index in [-0.39, 0.29) is 5.91 Å². The Morgan fingerprint density at radius 1 is 1.36 bits per heavy atom. The highest BCUT2D eigenvalue weighted by atomic mass is 16.5. The van der Waals surface area contributed by atoms with Crippen molar-refractivity contribution in [2.45, 2.75) is 39.2 Å². The SMILES string of the molecule is CC(C)[C@H](CNC(=O)/C=C\c1ccc([C@@H]2C[C@@H]2C)o1)N1CCOCC1. The molecule has 1 aliphatic heterocycles. The Morgan fingerprint density at radius 3 is 2.72 bits per heavy atom. The van der Waals surface area contributed by atoms with Gasteiger partial charge in [-0.25, -0.2) is 0 Å². The van der Waals surface area contributed by atoms with Gasteiger partial charge in [0.25, 0.3) is 0 Å². The summed E-state index contributed by atoms with van der Waals surface area (Å²) in [5.74, 6) is 3.49. The monoisotopic (exact) mass is 346 g/mol. The molecule has 1 amide bonds. The number of carbonyl (C=O) groups excluding carboxylic acids is 1. The second-order valence-corrected chi connectivity index (χ2v) is 7.60. The van der Waals surface area contributed by atoms with Crippen LogP contribution in [0.25, 0.3) is 6.08 Å². The summed E-state index contributed by atoms with van der Waals surface area (Å²) in [5, 5.41) is 3.03. The molecule has 25 heavy (non-hydrogen) atoms. The highest BCUT2D eigenvalue weighted by Crippen LogP contribution is 2.47. The molecule has 1 saturated heterocycles. The number of hydrogen-bond donors (Lipinski definition) is 1. The third kappa shape index (κ3) is 4.95. The van der Waals surface area contributed by atoms with Crippen molar-refractivity contribution in [1.82, 2.24) is 10.2 Å². The number of morpholine rings is 1. The molecular weight excluding hydrogens is 316 g/mol. The van der Waals surface area contributed by atoms with Gasteiger partial charge >= 0.3 is 0 Å². The maximum atomic E-state index is 12.1. The first-order valence-electron chi connectivity index (χ1n) is 9.42. The molecule has 0 spiro atoms. The number of amides is 1. The van der Waals surface area contributed by atoms with Crippen molar-refractivity contribution < 1.29 is 13.9 Å². The lowest BCUT2D eigenvalue weighted by atomic mass is 10.0. The predicted molar refractivity (Wildman–Crippen MR) is 98.3 cm³/mol. The summed E-state index contributed by atoms with van der Waals surface area (Å²) in [6.07, 6.45) is 4.52. The number of nitrogens with zero attached hydrogens (tertiary/aromatic N) is 1. The van der Waals surface area contributed by atoms with E-state index in [1.54, 1.807) is 12.2 Å². The Morgan fingerprint density at radius 2 is 2.08 bits per heavy atom. The van der Waals surface area contributed by atoms with Gasteiger partial charge in [0.05, 0.1) is 13.2 Å². The lowest BCUT2D eigenvalue weighted by Crippen LogP contribution is -2.51. The second-order valence-electron chi connectivity index (χ2n) is 7.60. The normalized spacial score (nSPS) is 25.4. The molecule has 3 rings (SSSR count). The molecule has 5 nitrogen and oxygen atoms in total. The summed E-state index contributed by atoms with van der Waals surface area (Å²) in [6.45, 7) is 10.7. The summed E-state index contributed by atoms with van der Waals surface area (Å²) in [7, 11) is 0. The van der Waals surface area contributed by atoms with E-state index in [1.807, 2.05) is 12.1 Å². The van der Waals surface area contributed by atoms with Gasteiger partial charge in [-0.2, -0.15) is 0 Å². The molecule has 0 aromatic carbocycles. The van der Waals surface area contributed by atoms with E-state index in [0.29, 0.717) is 24.4 Å². The first kappa shape index (κ1) is 18.2. The van der Waals surface area contributed by atoms with Gasteiger partial charge in [0, 0.05) is 37.7 Å². The van der Waals surface area contributed by atoms with Gasteiger partial charge in [0.15, 0.2) is 0 Å². The predicted octanol–water partition coefficient (Wildman–Crippen LogP) is 2.89. The zero-order valence-corrected chi connectivity index (χ0v) is 15.5. The van der Waals surface area contributed by atoms with Crippen LogP contribution in [0, 0.1) is 11.8 Å². The van der Waals surface area contributed by atoms with Crippen LogP contribution in [0.1, 0.15) is 44.6 Å². The Hall–Kier alpha value is -1.59. The van der Waals surface area contributed by atoms with E-state index in [9.17, 15) is 4.79 Å². The van der Waals surface area contributed by atoms with E-state index in [1.165, 1.54) is 6.42 Å². The summed E-state index contributed by atoms with van der Waals surface area (Å²) >= 11 is 0. The summed E-state index contributed by atoms with van der Waals surface area (Å²) < 4.78 is 11.2. The zero-order chi connectivity index (χ0) is 17.8. The lowest BCUT2D eigenvalue weighted by molar-refractivity contribution is -0.116. The minimum Gasteiger partial charge on any atom is -0.461 e. The third-order valence-corrected chi connectivity index (χ3v) is 5.29. The molecule has 1 saturated carbocycles. The minimum absolute atomic E-state index is 0.0725. The lowest BCUT2D eigenvalue weighted by Gasteiger charge is -2.36. The first-order chi connectivity index (χ1) is 12.0. The van der Waals surface area contributed by atoms with Gasteiger partial charge in [-0.05, 0) is 36.5 Å². The molecule has 1 aromatic rings. The van der Waals surface area contributed by atoms with Crippen LogP contribution >= 0.6 is 0 Å². The molecule has 3 atom stereocenters. The highest BCUT2D eigenvalue weighted by Gasteiger charge is 2.36. The maximum Gasteiger partial charge on any atom is 0.244 e. The molecule has 0 bridgehead atoms. The molecule has 2 aliphatic rings. The molecule has 0 unspecified atom stereocenters. The van der Waals surface area contributed by atoms with Crippen LogP contribution in [0.15, 0.2) is 22.6 Å². The fourth-order valence-corrected chi connectivity index (χ4v) is 3.49. The number of carbonyl (C=O) groups is 1. The number of ether oxygens (including phenoxy) is 1. The highest BCUT2D eigenvalue weighted by molar-refractivity contribution is 5.91. The van der Waals surface area contributed by atoms with Crippen molar-refractivity contribution in [3.05, 3.63) is 29.7 Å². The van der Waals surface area contributed by atoms with Gasteiger partial charge < -0.3 is 14.5 Å². The fraction of sp³-hybridized carbons (Fsp3) is 0.650. The van der Waals surface area contributed by atoms with Crippen LogP contribution < -0.4 is 5.32 Å². The molecular formula is C20H30N2O3. The molecule has 1 N–H and O–H groups in total. The van der Waals surface area contributed by atoms with E-state index >= 15 is 0 Å². The van der Waals surface area contributed by atoms with Gasteiger partial charge in [0.1, 0.15) is 11.5 Å². The average molecular weight is 346 g/mol.